The molecular formula is C16H26O. The first kappa shape index (κ1) is 12.9. The van der Waals surface area contributed by atoms with Gasteiger partial charge in [-0.1, -0.05) is 39.3 Å². The van der Waals surface area contributed by atoms with E-state index in [4.69, 9.17) is 0 Å². The summed E-state index contributed by atoms with van der Waals surface area (Å²) >= 11 is 0. The Labute approximate surface area is 106 Å². The van der Waals surface area contributed by atoms with Crippen LogP contribution in [0.5, 0.6) is 0 Å². The SMILES string of the molecule is CC(=O)C(C)(C)CCC1=CC[C@@H]2C[C@@H]1C2(C)C. The van der Waals surface area contributed by atoms with Gasteiger partial charge in [0.2, 0.25) is 0 Å². The lowest BCUT2D eigenvalue weighted by Gasteiger charge is -2.56. The molecule has 0 aliphatic heterocycles. The van der Waals surface area contributed by atoms with Gasteiger partial charge in [-0.2, -0.15) is 0 Å². The first-order valence-corrected chi connectivity index (χ1v) is 6.95. The zero-order chi connectivity index (χ0) is 12.8. The van der Waals surface area contributed by atoms with Crippen molar-refractivity contribution in [1.29, 1.82) is 0 Å². The van der Waals surface area contributed by atoms with E-state index < -0.39 is 0 Å². The van der Waals surface area contributed by atoms with Crippen molar-refractivity contribution >= 4 is 5.78 Å². The zero-order valence-electron chi connectivity index (χ0n) is 12.0. The summed E-state index contributed by atoms with van der Waals surface area (Å²) in [6.45, 7) is 10.7. The van der Waals surface area contributed by atoms with E-state index in [-0.39, 0.29) is 5.41 Å². The van der Waals surface area contributed by atoms with Crippen molar-refractivity contribution in [2.24, 2.45) is 22.7 Å². The topological polar surface area (TPSA) is 17.1 Å². The average Bonchev–Trinajstić information content (AvgIpc) is 2.26. The van der Waals surface area contributed by atoms with Crippen LogP contribution in [-0.4, -0.2) is 5.78 Å². The van der Waals surface area contributed by atoms with Crippen molar-refractivity contribution in [3.05, 3.63) is 11.6 Å². The summed E-state index contributed by atoms with van der Waals surface area (Å²) in [4.78, 5) is 11.5. The van der Waals surface area contributed by atoms with Gasteiger partial charge in [0.15, 0.2) is 0 Å². The van der Waals surface area contributed by atoms with Crippen LogP contribution >= 0.6 is 0 Å². The molecule has 1 fully saturated rings. The highest BCUT2D eigenvalue weighted by Crippen LogP contribution is 2.60. The molecule has 3 rings (SSSR count). The number of fused-ring (bicyclic) bond motifs is 1. The second-order valence-corrected chi connectivity index (χ2v) is 7.26. The van der Waals surface area contributed by atoms with Crippen molar-refractivity contribution < 1.29 is 4.79 Å². The Bertz CT molecular complexity index is 360. The Kier molecular flexibility index (Phi) is 3.00. The molecule has 0 aromatic carbocycles. The molecule has 2 bridgehead atoms. The van der Waals surface area contributed by atoms with Crippen molar-refractivity contribution in [2.45, 2.75) is 60.3 Å². The van der Waals surface area contributed by atoms with Crippen molar-refractivity contribution in [1.82, 2.24) is 0 Å². The summed E-state index contributed by atoms with van der Waals surface area (Å²) in [6, 6.07) is 0. The molecule has 3 aliphatic rings. The molecule has 0 aromatic rings. The summed E-state index contributed by atoms with van der Waals surface area (Å²) in [6.07, 6.45) is 7.23. The molecule has 0 amide bonds. The van der Waals surface area contributed by atoms with Crippen molar-refractivity contribution in [3.8, 4) is 0 Å². The third-order valence-corrected chi connectivity index (χ3v) is 5.57. The highest BCUT2D eigenvalue weighted by atomic mass is 16.1. The summed E-state index contributed by atoms with van der Waals surface area (Å²) in [5.41, 5.74) is 2.00. The van der Waals surface area contributed by atoms with Crippen LogP contribution in [0.25, 0.3) is 0 Å². The number of allylic oxidation sites excluding steroid dienone is 2. The fraction of sp³-hybridized carbons (Fsp3) is 0.812. The standard InChI is InChI=1S/C16H26O/c1-11(17)15(2,3)9-8-12-6-7-13-10-14(12)16(13,4)5/h6,13-14H,7-10H2,1-5H3/t13-,14+/m1/s1. The lowest BCUT2D eigenvalue weighted by molar-refractivity contribution is -0.125. The van der Waals surface area contributed by atoms with Gasteiger partial charge in [-0.25, -0.2) is 0 Å². The zero-order valence-corrected chi connectivity index (χ0v) is 12.0. The van der Waals surface area contributed by atoms with Crippen LogP contribution in [0.1, 0.15) is 60.3 Å². The molecule has 0 aromatic heterocycles. The molecule has 96 valence electrons. The Balaban J connectivity index is 1.98. The van der Waals surface area contributed by atoms with Crippen LogP contribution in [0, 0.1) is 22.7 Å². The minimum Gasteiger partial charge on any atom is -0.299 e. The third-order valence-electron chi connectivity index (χ3n) is 5.57. The van der Waals surface area contributed by atoms with E-state index in [2.05, 4.69) is 33.8 Å². The maximum atomic E-state index is 11.5. The highest BCUT2D eigenvalue weighted by molar-refractivity contribution is 5.81. The van der Waals surface area contributed by atoms with Crippen LogP contribution in [-0.2, 0) is 4.79 Å². The fourth-order valence-electron chi connectivity index (χ4n) is 3.39. The van der Waals surface area contributed by atoms with Gasteiger partial charge < -0.3 is 0 Å². The third kappa shape index (κ3) is 2.09. The molecule has 0 N–H and O–H groups in total. The molecule has 0 heterocycles. The van der Waals surface area contributed by atoms with E-state index in [1.54, 1.807) is 12.5 Å². The Hall–Kier alpha value is -0.590. The lowest BCUT2D eigenvalue weighted by Crippen LogP contribution is -2.48. The van der Waals surface area contributed by atoms with E-state index >= 15 is 0 Å². The molecule has 1 nitrogen and oxygen atoms in total. The van der Waals surface area contributed by atoms with Gasteiger partial charge >= 0.3 is 0 Å². The fourth-order valence-corrected chi connectivity index (χ4v) is 3.39. The van der Waals surface area contributed by atoms with Gasteiger partial charge in [-0.3, -0.25) is 4.79 Å². The summed E-state index contributed by atoms with van der Waals surface area (Å²) in [5, 5.41) is 0. The van der Waals surface area contributed by atoms with Crippen LogP contribution in [0.4, 0.5) is 0 Å². The van der Waals surface area contributed by atoms with Crippen LogP contribution in [0.15, 0.2) is 11.6 Å². The molecule has 0 saturated heterocycles. The molecule has 1 heteroatoms. The number of rotatable bonds is 4. The highest BCUT2D eigenvalue weighted by Gasteiger charge is 2.50. The van der Waals surface area contributed by atoms with E-state index in [1.165, 1.54) is 12.8 Å². The largest absolute Gasteiger partial charge is 0.299 e. The first-order valence-electron chi connectivity index (χ1n) is 6.95. The maximum absolute atomic E-state index is 11.5. The summed E-state index contributed by atoms with van der Waals surface area (Å²) in [5.74, 6) is 2.03. The number of carbonyl (C=O) groups excluding carboxylic acids is 1. The van der Waals surface area contributed by atoms with Gasteiger partial charge in [0.1, 0.15) is 5.78 Å². The van der Waals surface area contributed by atoms with E-state index in [9.17, 15) is 4.79 Å². The van der Waals surface area contributed by atoms with Gasteiger partial charge in [0.05, 0.1) is 0 Å². The monoisotopic (exact) mass is 234 g/mol. The molecule has 0 radical (unpaired) electrons. The molecule has 0 unspecified atom stereocenters. The second kappa shape index (κ2) is 3.96. The minimum absolute atomic E-state index is 0.147. The van der Waals surface area contributed by atoms with E-state index in [0.717, 1.165) is 24.7 Å². The molecule has 1 saturated carbocycles. The van der Waals surface area contributed by atoms with Crippen LogP contribution in [0.3, 0.4) is 0 Å². The van der Waals surface area contributed by atoms with Crippen molar-refractivity contribution in [2.75, 3.05) is 0 Å². The lowest BCUT2D eigenvalue weighted by atomic mass is 9.48. The molecule has 17 heavy (non-hydrogen) atoms. The summed E-state index contributed by atoms with van der Waals surface area (Å²) < 4.78 is 0. The van der Waals surface area contributed by atoms with E-state index in [0.29, 0.717) is 11.2 Å². The van der Waals surface area contributed by atoms with Crippen LogP contribution in [0.2, 0.25) is 0 Å². The quantitative estimate of drug-likeness (QED) is 0.660. The number of Topliss-reactive ketones (excluding diaryl/α,β-unsaturated/α-hetero) is 1. The predicted octanol–water partition coefficient (Wildman–Crippen LogP) is 4.37. The maximum Gasteiger partial charge on any atom is 0.135 e. The Morgan fingerprint density at radius 2 is 2.12 bits per heavy atom. The Morgan fingerprint density at radius 3 is 2.59 bits per heavy atom. The van der Waals surface area contributed by atoms with Gasteiger partial charge in [0.25, 0.3) is 0 Å². The smallest absolute Gasteiger partial charge is 0.135 e. The normalized spacial score (nSPS) is 30.5. The molecule has 3 aliphatic carbocycles. The average molecular weight is 234 g/mol. The van der Waals surface area contributed by atoms with Crippen molar-refractivity contribution in [3.63, 3.8) is 0 Å². The number of carbonyl (C=O) groups is 1. The Morgan fingerprint density at radius 1 is 1.47 bits per heavy atom. The predicted molar refractivity (Wildman–Crippen MR) is 71.8 cm³/mol. The molecule has 2 atom stereocenters. The van der Waals surface area contributed by atoms with Gasteiger partial charge in [-0.15, -0.1) is 0 Å². The summed E-state index contributed by atoms with van der Waals surface area (Å²) in [7, 11) is 0. The number of hydrogen-bond acceptors (Lipinski definition) is 1. The number of hydrogen-bond donors (Lipinski definition) is 0. The van der Waals surface area contributed by atoms with E-state index in [1.807, 2.05) is 0 Å². The van der Waals surface area contributed by atoms with Gasteiger partial charge in [0, 0.05) is 5.41 Å². The minimum atomic E-state index is -0.147. The molecular weight excluding hydrogens is 208 g/mol. The first-order chi connectivity index (χ1) is 7.75. The second-order valence-electron chi connectivity index (χ2n) is 7.26. The number of ketones is 1. The van der Waals surface area contributed by atoms with Gasteiger partial charge in [-0.05, 0) is 49.9 Å². The molecule has 0 spiro atoms. The van der Waals surface area contributed by atoms with Crippen LogP contribution < -0.4 is 0 Å².